The van der Waals surface area contributed by atoms with Crippen molar-refractivity contribution in [3.05, 3.63) is 141 Å². The van der Waals surface area contributed by atoms with Crippen LogP contribution < -0.4 is 0 Å². The van der Waals surface area contributed by atoms with Crippen LogP contribution in [-0.4, -0.2) is 17.8 Å². The van der Waals surface area contributed by atoms with Crippen LogP contribution in [0.2, 0.25) is 0 Å². The third-order valence-corrected chi connectivity index (χ3v) is 14.8. The molecule has 1 aliphatic rings. The van der Waals surface area contributed by atoms with Crippen molar-refractivity contribution in [2.45, 2.75) is 45.5 Å². The largest absolute Gasteiger partial charge is 0.380 e. The van der Waals surface area contributed by atoms with E-state index in [0.29, 0.717) is 9.75 Å². The molecule has 57 heavy (non-hydrogen) atoms. The Morgan fingerprint density at radius 1 is 0.386 bits per heavy atom. The smallest absolute Gasteiger partial charge is 0.194 e. The lowest BCUT2D eigenvalue weighted by Crippen LogP contribution is -2.49. The number of alkyl halides is 6. The first-order valence-electron chi connectivity index (χ1n) is 18.7. The molecule has 0 radical (unpaired) electrons. The molecular formula is C49H30F6S2. The summed E-state index contributed by atoms with van der Waals surface area (Å²) in [7, 11) is 0. The van der Waals surface area contributed by atoms with Crippen molar-refractivity contribution in [2.24, 2.45) is 0 Å². The lowest BCUT2D eigenvalue weighted by Gasteiger charge is -2.26. The minimum atomic E-state index is -5.67. The number of thiophene rings is 2. The van der Waals surface area contributed by atoms with Crippen LogP contribution in [0.25, 0.3) is 96.7 Å². The van der Waals surface area contributed by atoms with Gasteiger partial charge in [-0.3, -0.25) is 0 Å². The molecule has 0 amide bonds. The van der Waals surface area contributed by atoms with Gasteiger partial charge in [-0.2, -0.15) is 26.3 Å². The standard InChI is InChI=1S/C49H30F6S2/c1-23-37(25(3)56-45(23)35-21-17-31-13-11-27-7-5-9-29-15-19-33(35)41(31)39(27)29)43-44(48(52,53)49(54,55)47(43,50)51)38-24(2)46(57-26(38)4)36-22-18-32-14-12-28-8-6-10-30-16-20-34(36)42(32)40(28)30/h5-22H,1-4H3. The summed E-state index contributed by atoms with van der Waals surface area (Å²) in [5.41, 5.74) is -1.06. The average Bonchev–Trinajstić information content (AvgIpc) is 3.68. The van der Waals surface area contributed by atoms with Crippen LogP contribution in [0.15, 0.2) is 109 Å². The maximum absolute atomic E-state index is 16.6. The molecule has 0 spiro atoms. The van der Waals surface area contributed by atoms with Gasteiger partial charge in [0.1, 0.15) is 0 Å². The molecule has 0 fully saturated rings. The van der Waals surface area contributed by atoms with Crippen LogP contribution >= 0.6 is 22.7 Å². The van der Waals surface area contributed by atoms with Crippen LogP contribution in [0.5, 0.6) is 0 Å². The number of halogens is 6. The first-order chi connectivity index (χ1) is 27.2. The summed E-state index contributed by atoms with van der Waals surface area (Å²) in [4.78, 5) is 1.70. The number of rotatable bonds is 4. The minimum absolute atomic E-state index is 0.244. The fourth-order valence-electron chi connectivity index (χ4n) is 9.81. The van der Waals surface area contributed by atoms with Crippen molar-refractivity contribution in [1.29, 1.82) is 0 Å². The third-order valence-electron chi connectivity index (χ3n) is 12.4. The monoisotopic (exact) mass is 796 g/mol. The average molecular weight is 797 g/mol. The quantitative estimate of drug-likeness (QED) is 0.123. The van der Waals surface area contributed by atoms with Gasteiger partial charge in [-0.15, -0.1) is 22.7 Å². The Hall–Kier alpha value is -5.44. The molecule has 0 saturated carbocycles. The molecule has 0 bridgehead atoms. The minimum Gasteiger partial charge on any atom is -0.194 e. The number of benzene rings is 8. The van der Waals surface area contributed by atoms with Crippen molar-refractivity contribution < 1.29 is 26.3 Å². The van der Waals surface area contributed by atoms with Gasteiger partial charge < -0.3 is 0 Å². The van der Waals surface area contributed by atoms with Gasteiger partial charge in [0.15, 0.2) is 0 Å². The van der Waals surface area contributed by atoms with Gasteiger partial charge >= 0.3 is 17.8 Å². The van der Waals surface area contributed by atoms with Gasteiger partial charge in [-0.05, 0) is 115 Å². The molecular weight excluding hydrogens is 767 g/mol. The molecule has 0 nitrogen and oxygen atoms in total. The molecule has 0 N–H and O–H groups in total. The zero-order valence-electron chi connectivity index (χ0n) is 31.0. The summed E-state index contributed by atoms with van der Waals surface area (Å²) in [5.74, 6) is -16.0. The van der Waals surface area contributed by atoms with Crippen molar-refractivity contribution in [2.75, 3.05) is 0 Å². The lowest BCUT2D eigenvalue weighted by atomic mass is 9.87. The van der Waals surface area contributed by atoms with Crippen molar-refractivity contribution in [1.82, 2.24) is 0 Å². The Balaban J connectivity index is 1.16. The van der Waals surface area contributed by atoms with Gasteiger partial charge in [-0.1, -0.05) is 109 Å². The molecule has 0 saturated heterocycles. The van der Waals surface area contributed by atoms with E-state index in [4.69, 9.17) is 0 Å². The summed E-state index contributed by atoms with van der Waals surface area (Å²) in [6.07, 6.45) is 0. The maximum Gasteiger partial charge on any atom is 0.380 e. The molecule has 10 aromatic rings. The van der Waals surface area contributed by atoms with Crippen LogP contribution in [-0.2, 0) is 0 Å². The number of aryl methyl sites for hydroxylation is 2. The Morgan fingerprint density at radius 2 is 0.702 bits per heavy atom. The summed E-state index contributed by atoms with van der Waals surface area (Å²) in [6, 6.07) is 36.1. The zero-order chi connectivity index (χ0) is 39.5. The van der Waals surface area contributed by atoms with E-state index in [1.807, 2.05) is 97.1 Å². The van der Waals surface area contributed by atoms with E-state index in [-0.39, 0.29) is 32.0 Å². The van der Waals surface area contributed by atoms with Crippen LogP contribution in [0.3, 0.4) is 0 Å². The molecule has 1 aliphatic carbocycles. The lowest BCUT2D eigenvalue weighted by molar-refractivity contribution is -0.254. The molecule has 8 heteroatoms. The summed E-state index contributed by atoms with van der Waals surface area (Å²) >= 11 is 2.34. The molecule has 2 heterocycles. The Morgan fingerprint density at radius 3 is 1.07 bits per heavy atom. The molecule has 8 aromatic carbocycles. The van der Waals surface area contributed by atoms with E-state index in [9.17, 15) is 0 Å². The van der Waals surface area contributed by atoms with Gasteiger partial charge in [0.25, 0.3) is 0 Å². The maximum atomic E-state index is 16.6. The van der Waals surface area contributed by atoms with E-state index in [0.717, 1.165) is 75.8 Å². The van der Waals surface area contributed by atoms with Gasteiger partial charge in [0.2, 0.25) is 0 Å². The second kappa shape index (κ2) is 11.4. The summed E-state index contributed by atoms with van der Waals surface area (Å²) in [5, 5.41) is 12.1. The normalized spacial score (nSPS) is 16.6. The van der Waals surface area contributed by atoms with E-state index in [2.05, 4.69) is 12.1 Å². The third kappa shape index (κ3) is 4.30. The number of hydrogen-bond donors (Lipinski definition) is 0. The topological polar surface area (TPSA) is 0 Å². The second-order valence-electron chi connectivity index (χ2n) is 15.4. The number of allylic oxidation sites excluding steroid dienone is 2. The van der Waals surface area contributed by atoms with E-state index >= 15 is 26.3 Å². The predicted molar refractivity (Wildman–Crippen MR) is 228 cm³/mol. The Labute approximate surface area is 331 Å². The highest BCUT2D eigenvalue weighted by Crippen LogP contribution is 2.67. The summed E-state index contributed by atoms with van der Waals surface area (Å²) < 4.78 is 98.0. The molecule has 0 aliphatic heterocycles. The van der Waals surface area contributed by atoms with Crippen LogP contribution in [0.4, 0.5) is 26.3 Å². The van der Waals surface area contributed by atoms with Crippen LogP contribution in [0, 0.1) is 27.7 Å². The van der Waals surface area contributed by atoms with Crippen molar-refractivity contribution in [3.8, 4) is 20.9 Å². The number of hydrogen-bond acceptors (Lipinski definition) is 2. The summed E-state index contributed by atoms with van der Waals surface area (Å²) in [6.45, 7) is 6.30. The molecule has 280 valence electrons. The molecule has 0 atom stereocenters. The van der Waals surface area contributed by atoms with Crippen molar-refractivity contribution >= 4 is 98.5 Å². The van der Waals surface area contributed by atoms with Gasteiger partial charge in [0.05, 0.1) is 0 Å². The first-order valence-corrected chi connectivity index (χ1v) is 20.3. The Bertz CT molecular complexity index is 3130. The SMILES string of the molecule is Cc1sc(-c2ccc3ccc4cccc5ccc2c3c45)c(C)c1C1=C(c2c(C)sc(-c3ccc4ccc5cccc6ccc3c4c56)c2C)C(F)(F)C(F)(F)C1(F)F. The van der Waals surface area contributed by atoms with E-state index in [1.165, 1.54) is 22.7 Å². The molecule has 2 aromatic heterocycles. The fraction of sp³-hybridized carbons (Fsp3) is 0.143. The van der Waals surface area contributed by atoms with E-state index in [1.54, 1.807) is 27.7 Å². The highest BCUT2D eigenvalue weighted by molar-refractivity contribution is 7.16. The van der Waals surface area contributed by atoms with Gasteiger partial charge in [0, 0.05) is 41.8 Å². The molecule has 0 unspecified atom stereocenters. The second-order valence-corrected chi connectivity index (χ2v) is 17.8. The first kappa shape index (κ1) is 34.8. The highest BCUT2D eigenvalue weighted by atomic mass is 32.1. The zero-order valence-corrected chi connectivity index (χ0v) is 32.6. The predicted octanol–water partition coefficient (Wildman–Crippen LogP) is 16.0. The Kier molecular flexibility index (Phi) is 6.93. The fourth-order valence-corrected chi connectivity index (χ4v) is 12.2. The van der Waals surface area contributed by atoms with Crippen molar-refractivity contribution in [3.63, 3.8) is 0 Å². The highest BCUT2D eigenvalue weighted by Gasteiger charge is 2.80. The molecule has 11 rings (SSSR count). The van der Waals surface area contributed by atoms with E-state index < -0.39 is 28.9 Å². The van der Waals surface area contributed by atoms with Crippen LogP contribution in [0.1, 0.15) is 32.0 Å². The van der Waals surface area contributed by atoms with Gasteiger partial charge in [-0.25, -0.2) is 0 Å².